The fraction of sp³-hybridized carbons (Fsp3) is 0.750. The summed E-state index contributed by atoms with van der Waals surface area (Å²) in [5, 5.41) is -2.17. The van der Waals surface area contributed by atoms with Gasteiger partial charge in [-0.1, -0.05) is 11.6 Å². The van der Waals surface area contributed by atoms with Crippen LogP contribution in [-0.2, 0) is 4.79 Å². The van der Waals surface area contributed by atoms with Crippen molar-refractivity contribution in [3.63, 3.8) is 0 Å². The van der Waals surface area contributed by atoms with Crippen LogP contribution in [0.4, 0.5) is 4.39 Å². The smallest absolute Gasteiger partial charge is 0.238 e. The van der Waals surface area contributed by atoms with E-state index < -0.39 is 10.9 Å². The fourth-order valence-electron chi connectivity index (χ4n) is 0. The topological polar surface area (TPSA) is 17.1 Å². The second kappa shape index (κ2) is 1.78. The Balaban J connectivity index is 3.79. The molecule has 3 heteroatoms. The predicted molar refractivity (Wildman–Crippen MR) is 26.0 cm³/mol. The molecule has 0 bridgehead atoms. The van der Waals surface area contributed by atoms with Crippen molar-refractivity contribution in [2.45, 2.75) is 19.0 Å². The molecule has 0 aliphatic rings. The van der Waals surface area contributed by atoms with E-state index in [9.17, 15) is 9.18 Å². The molecule has 42 valence electrons. The Kier molecular flexibility index (Phi) is 1.75. The molecule has 0 aromatic carbocycles. The molecule has 0 N–H and O–H groups in total. The van der Waals surface area contributed by atoms with Gasteiger partial charge in [-0.2, -0.15) is 0 Å². The first-order valence-electron chi connectivity index (χ1n) is 1.83. The fourth-order valence-corrected chi connectivity index (χ4v) is 0. The van der Waals surface area contributed by atoms with Gasteiger partial charge in [-0.05, 0) is 13.8 Å². The maximum atomic E-state index is 11.9. The van der Waals surface area contributed by atoms with Crippen LogP contribution in [0.2, 0.25) is 0 Å². The summed E-state index contributed by atoms with van der Waals surface area (Å²) in [4.78, 5) is 9.96. The van der Waals surface area contributed by atoms with Crippen LogP contribution in [0.3, 0.4) is 0 Å². The standard InChI is InChI=1S/C4H6ClFO/c1-3(7)4(2,5)6/h1-2H3/t4-/m1/s1. The monoisotopic (exact) mass is 124 g/mol. The predicted octanol–water partition coefficient (Wildman–Crippen LogP) is 1.50. The second-order valence-corrected chi connectivity index (χ2v) is 2.15. The van der Waals surface area contributed by atoms with Crippen LogP contribution in [0.1, 0.15) is 13.8 Å². The molecule has 0 unspecified atom stereocenters. The van der Waals surface area contributed by atoms with E-state index in [2.05, 4.69) is 0 Å². The van der Waals surface area contributed by atoms with Gasteiger partial charge >= 0.3 is 0 Å². The van der Waals surface area contributed by atoms with Gasteiger partial charge in [0.15, 0.2) is 5.78 Å². The summed E-state index contributed by atoms with van der Waals surface area (Å²) in [5.41, 5.74) is 0. The highest BCUT2D eigenvalue weighted by molar-refractivity contribution is 6.33. The summed E-state index contributed by atoms with van der Waals surface area (Å²) in [5.74, 6) is -0.658. The molecule has 0 aromatic heterocycles. The minimum Gasteiger partial charge on any atom is -0.295 e. The Bertz CT molecular complexity index is 84.2. The zero-order chi connectivity index (χ0) is 6.08. The molecule has 0 saturated carbocycles. The van der Waals surface area contributed by atoms with E-state index in [1.165, 1.54) is 0 Å². The maximum absolute atomic E-state index is 11.9. The lowest BCUT2D eigenvalue weighted by atomic mass is 10.3. The summed E-state index contributed by atoms with van der Waals surface area (Å²) >= 11 is 4.85. The van der Waals surface area contributed by atoms with Gasteiger partial charge in [0.1, 0.15) is 0 Å². The molecular weight excluding hydrogens is 118 g/mol. The average molecular weight is 125 g/mol. The molecule has 1 nitrogen and oxygen atoms in total. The van der Waals surface area contributed by atoms with Gasteiger partial charge < -0.3 is 0 Å². The number of ketones is 1. The van der Waals surface area contributed by atoms with Crippen molar-refractivity contribution in [3.05, 3.63) is 0 Å². The van der Waals surface area contributed by atoms with Crippen LogP contribution in [0, 0.1) is 0 Å². The normalized spacial score (nSPS) is 18.3. The van der Waals surface area contributed by atoms with Crippen molar-refractivity contribution in [3.8, 4) is 0 Å². The first-order chi connectivity index (χ1) is 2.94. The van der Waals surface area contributed by atoms with E-state index in [4.69, 9.17) is 11.6 Å². The number of halogens is 2. The van der Waals surface area contributed by atoms with E-state index in [-0.39, 0.29) is 0 Å². The molecule has 0 heterocycles. The van der Waals surface area contributed by atoms with Crippen molar-refractivity contribution in [2.24, 2.45) is 0 Å². The van der Waals surface area contributed by atoms with Crippen LogP contribution in [-0.4, -0.2) is 10.9 Å². The Morgan fingerprint density at radius 1 is 1.86 bits per heavy atom. The summed E-state index contributed by atoms with van der Waals surface area (Å²) in [6, 6.07) is 0. The van der Waals surface area contributed by atoms with Gasteiger partial charge in [-0.3, -0.25) is 4.79 Å². The number of carbonyl (C=O) groups is 1. The largest absolute Gasteiger partial charge is 0.295 e. The zero-order valence-corrected chi connectivity index (χ0v) is 4.92. The van der Waals surface area contributed by atoms with E-state index in [1.807, 2.05) is 0 Å². The summed E-state index contributed by atoms with van der Waals surface area (Å²) in [7, 11) is 0. The molecule has 7 heavy (non-hydrogen) atoms. The molecule has 0 rings (SSSR count). The molecular formula is C4H6ClFO. The van der Waals surface area contributed by atoms with Crippen molar-refractivity contribution in [1.82, 2.24) is 0 Å². The van der Waals surface area contributed by atoms with Gasteiger partial charge in [-0.25, -0.2) is 4.39 Å². The minimum absolute atomic E-state index is 0.658. The lowest BCUT2D eigenvalue weighted by Gasteiger charge is -2.02. The molecule has 0 saturated heterocycles. The molecule has 0 radical (unpaired) electrons. The third-order valence-electron chi connectivity index (χ3n) is 0.618. The number of hydrogen-bond donors (Lipinski definition) is 0. The van der Waals surface area contributed by atoms with E-state index in [0.717, 1.165) is 13.8 Å². The number of rotatable bonds is 1. The van der Waals surface area contributed by atoms with E-state index in [1.54, 1.807) is 0 Å². The molecule has 0 fully saturated rings. The highest BCUT2D eigenvalue weighted by Gasteiger charge is 2.24. The quantitative estimate of drug-likeness (QED) is 0.484. The lowest BCUT2D eigenvalue weighted by Crippen LogP contribution is -2.18. The van der Waals surface area contributed by atoms with Gasteiger partial charge in [0.2, 0.25) is 5.13 Å². The Labute approximate surface area is 46.5 Å². The Morgan fingerprint density at radius 3 is 2.00 bits per heavy atom. The number of carbonyl (C=O) groups excluding carboxylic acids is 1. The van der Waals surface area contributed by atoms with Crippen LogP contribution in [0.15, 0.2) is 0 Å². The summed E-state index contributed by atoms with van der Waals surface area (Å²) < 4.78 is 11.9. The molecule has 0 amide bonds. The highest BCUT2D eigenvalue weighted by Crippen LogP contribution is 2.15. The number of Topliss-reactive ketones (excluding diaryl/α,β-unsaturated/α-hetero) is 1. The zero-order valence-electron chi connectivity index (χ0n) is 4.16. The first kappa shape index (κ1) is 6.89. The van der Waals surface area contributed by atoms with Gasteiger partial charge in [0.05, 0.1) is 0 Å². The van der Waals surface area contributed by atoms with Crippen molar-refractivity contribution < 1.29 is 9.18 Å². The minimum atomic E-state index is -2.17. The SMILES string of the molecule is CC(=O)[C@@](C)(F)Cl. The number of alkyl halides is 2. The van der Waals surface area contributed by atoms with Gasteiger partial charge in [0, 0.05) is 0 Å². The summed E-state index contributed by atoms with van der Waals surface area (Å²) in [6.45, 7) is 2.11. The van der Waals surface area contributed by atoms with Crippen molar-refractivity contribution in [1.29, 1.82) is 0 Å². The average Bonchev–Trinajstić information content (AvgIpc) is 1.31. The highest BCUT2D eigenvalue weighted by atomic mass is 35.5. The van der Waals surface area contributed by atoms with Gasteiger partial charge in [0.25, 0.3) is 0 Å². The number of hydrogen-bond acceptors (Lipinski definition) is 1. The third-order valence-corrected chi connectivity index (χ3v) is 0.884. The molecule has 0 aliphatic heterocycles. The van der Waals surface area contributed by atoms with E-state index >= 15 is 0 Å². The van der Waals surface area contributed by atoms with Crippen LogP contribution < -0.4 is 0 Å². The Morgan fingerprint density at radius 2 is 2.00 bits per heavy atom. The lowest BCUT2D eigenvalue weighted by molar-refractivity contribution is -0.122. The van der Waals surface area contributed by atoms with Crippen LogP contribution in [0.5, 0.6) is 0 Å². The van der Waals surface area contributed by atoms with Crippen molar-refractivity contribution in [2.75, 3.05) is 0 Å². The second-order valence-electron chi connectivity index (χ2n) is 1.44. The third kappa shape index (κ3) is 2.57. The summed E-state index contributed by atoms with van der Waals surface area (Å²) in [6.07, 6.45) is 0. The first-order valence-corrected chi connectivity index (χ1v) is 2.21. The maximum Gasteiger partial charge on any atom is 0.238 e. The van der Waals surface area contributed by atoms with Gasteiger partial charge in [-0.15, -0.1) is 0 Å². The van der Waals surface area contributed by atoms with Crippen LogP contribution in [0.25, 0.3) is 0 Å². The van der Waals surface area contributed by atoms with Crippen molar-refractivity contribution >= 4 is 17.4 Å². The molecule has 1 atom stereocenters. The molecule has 0 aromatic rings. The molecule has 0 spiro atoms. The molecule has 0 aliphatic carbocycles. The van der Waals surface area contributed by atoms with E-state index in [0.29, 0.717) is 0 Å². The Hall–Kier alpha value is -0.110. The van der Waals surface area contributed by atoms with Crippen LogP contribution >= 0.6 is 11.6 Å².